The SMILES string of the molecule is CC1CN(c2c(-c3ccccc3)nc(=N)n3c2N(O)N(C[C@H]2COCCN2)C3)CC(C)O1. The Bertz CT molecular complexity index is 999. The molecule has 0 aliphatic carbocycles. The molecule has 2 saturated heterocycles. The van der Waals surface area contributed by atoms with Gasteiger partial charge in [0.15, 0.2) is 5.82 Å². The summed E-state index contributed by atoms with van der Waals surface area (Å²) in [7, 11) is 0. The highest BCUT2D eigenvalue weighted by atomic mass is 16.6. The minimum absolute atomic E-state index is 0.0481. The van der Waals surface area contributed by atoms with Gasteiger partial charge in [-0.25, -0.2) is 4.98 Å². The third-order valence-electron chi connectivity index (χ3n) is 6.14. The lowest BCUT2D eigenvalue weighted by Gasteiger charge is -2.38. The number of ether oxygens (including phenoxy) is 2. The summed E-state index contributed by atoms with van der Waals surface area (Å²) >= 11 is 0. The van der Waals surface area contributed by atoms with Crippen molar-refractivity contribution in [3.63, 3.8) is 0 Å². The van der Waals surface area contributed by atoms with E-state index in [1.807, 2.05) is 35.3 Å². The number of fused-ring (bicyclic) bond motifs is 1. The van der Waals surface area contributed by atoms with Crippen LogP contribution in [0.25, 0.3) is 11.3 Å². The smallest absolute Gasteiger partial charge is 0.225 e. The molecule has 1 aromatic carbocycles. The summed E-state index contributed by atoms with van der Waals surface area (Å²) in [6.07, 6.45) is 0.0962. The molecular weight excluding hydrogens is 410 g/mol. The van der Waals surface area contributed by atoms with Crippen molar-refractivity contribution in [2.45, 2.75) is 38.8 Å². The second-order valence-electron chi connectivity index (χ2n) is 8.76. The van der Waals surface area contributed by atoms with Crippen molar-refractivity contribution in [3.8, 4) is 11.3 Å². The molecule has 3 N–H and O–H groups in total. The van der Waals surface area contributed by atoms with Crippen LogP contribution in [0, 0.1) is 5.41 Å². The molecule has 3 atom stereocenters. The summed E-state index contributed by atoms with van der Waals surface area (Å²) in [5, 5.41) is 26.4. The van der Waals surface area contributed by atoms with Crippen LogP contribution in [0.15, 0.2) is 30.3 Å². The van der Waals surface area contributed by atoms with E-state index in [1.165, 1.54) is 5.17 Å². The quantitative estimate of drug-likeness (QED) is 0.646. The molecule has 1 aromatic heterocycles. The second-order valence-corrected chi connectivity index (χ2v) is 8.76. The molecule has 172 valence electrons. The Morgan fingerprint density at radius 1 is 1.19 bits per heavy atom. The van der Waals surface area contributed by atoms with Crippen molar-refractivity contribution in [1.82, 2.24) is 19.9 Å². The fourth-order valence-electron chi connectivity index (χ4n) is 4.82. The Kier molecular flexibility index (Phi) is 5.87. The number of hydrazine groups is 1. The van der Waals surface area contributed by atoms with Crippen LogP contribution in [0.2, 0.25) is 0 Å². The molecule has 3 aliphatic rings. The summed E-state index contributed by atoms with van der Waals surface area (Å²) in [6, 6.07) is 9.99. The van der Waals surface area contributed by atoms with Gasteiger partial charge in [0.1, 0.15) is 18.1 Å². The zero-order valence-corrected chi connectivity index (χ0v) is 18.6. The lowest BCUT2D eigenvalue weighted by Crippen LogP contribution is -2.51. The van der Waals surface area contributed by atoms with E-state index in [9.17, 15) is 5.21 Å². The van der Waals surface area contributed by atoms with Crippen LogP contribution in [-0.2, 0) is 16.1 Å². The molecule has 2 unspecified atom stereocenters. The summed E-state index contributed by atoms with van der Waals surface area (Å²) in [5.74, 6) is 0.571. The molecule has 0 spiro atoms. The predicted octanol–water partition coefficient (Wildman–Crippen LogP) is 1.02. The topological polar surface area (TPSA) is 102 Å². The number of hydrogen-bond acceptors (Lipinski definition) is 9. The molecule has 0 radical (unpaired) electrons. The van der Waals surface area contributed by atoms with Gasteiger partial charge in [0, 0.05) is 37.8 Å². The van der Waals surface area contributed by atoms with E-state index in [4.69, 9.17) is 19.9 Å². The molecule has 2 aromatic rings. The first-order chi connectivity index (χ1) is 15.5. The van der Waals surface area contributed by atoms with Gasteiger partial charge in [0.25, 0.3) is 0 Å². The monoisotopic (exact) mass is 441 g/mol. The number of benzene rings is 1. The van der Waals surface area contributed by atoms with Gasteiger partial charge in [-0.05, 0) is 13.8 Å². The van der Waals surface area contributed by atoms with E-state index in [0.29, 0.717) is 51.0 Å². The third-order valence-corrected chi connectivity index (χ3v) is 6.14. The van der Waals surface area contributed by atoms with Crippen LogP contribution in [0.3, 0.4) is 0 Å². The Balaban J connectivity index is 1.58. The summed E-state index contributed by atoms with van der Waals surface area (Å²) < 4.78 is 13.3. The van der Waals surface area contributed by atoms with Gasteiger partial charge in [-0.2, -0.15) is 10.2 Å². The largest absolute Gasteiger partial charge is 0.378 e. The third kappa shape index (κ3) is 4.00. The van der Waals surface area contributed by atoms with E-state index in [2.05, 4.69) is 24.1 Å². The maximum atomic E-state index is 11.3. The highest BCUT2D eigenvalue weighted by molar-refractivity contribution is 5.84. The van der Waals surface area contributed by atoms with Crippen molar-refractivity contribution in [2.75, 3.05) is 49.5 Å². The molecular formula is C22H31N7O3. The van der Waals surface area contributed by atoms with Crippen molar-refractivity contribution in [2.24, 2.45) is 0 Å². The Morgan fingerprint density at radius 3 is 2.62 bits per heavy atom. The Hall–Kier alpha value is -2.50. The highest BCUT2D eigenvalue weighted by Gasteiger charge is 2.37. The predicted molar refractivity (Wildman–Crippen MR) is 119 cm³/mol. The Morgan fingerprint density at radius 2 is 1.94 bits per heavy atom. The normalized spacial score (nSPS) is 26.4. The lowest BCUT2D eigenvalue weighted by atomic mass is 10.1. The van der Waals surface area contributed by atoms with Crippen LogP contribution in [-0.4, -0.2) is 77.4 Å². The van der Waals surface area contributed by atoms with E-state index in [1.54, 1.807) is 4.57 Å². The molecule has 0 bridgehead atoms. The maximum Gasteiger partial charge on any atom is 0.225 e. The lowest BCUT2D eigenvalue weighted by molar-refractivity contribution is -0.00540. The van der Waals surface area contributed by atoms with Crippen LogP contribution >= 0.6 is 0 Å². The van der Waals surface area contributed by atoms with Crippen molar-refractivity contribution in [3.05, 3.63) is 36.0 Å². The molecule has 2 fully saturated rings. The van der Waals surface area contributed by atoms with Gasteiger partial charge < -0.3 is 19.7 Å². The average molecular weight is 442 g/mol. The van der Waals surface area contributed by atoms with Crippen molar-refractivity contribution in [1.29, 1.82) is 5.41 Å². The first-order valence-corrected chi connectivity index (χ1v) is 11.2. The van der Waals surface area contributed by atoms with Crippen molar-refractivity contribution < 1.29 is 14.7 Å². The molecule has 3 aliphatic heterocycles. The maximum absolute atomic E-state index is 11.3. The highest BCUT2D eigenvalue weighted by Crippen LogP contribution is 2.40. The van der Waals surface area contributed by atoms with Crippen LogP contribution in [0.5, 0.6) is 0 Å². The minimum atomic E-state index is 0.0481. The average Bonchev–Trinajstić information content (AvgIpc) is 3.11. The van der Waals surface area contributed by atoms with E-state index in [-0.39, 0.29) is 23.9 Å². The fourth-order valence-corrected chi connectivity index (χ4v) is 4.82. The number of hydrogen-bond donors (Lipinski definition) is 3. The van der Waals surface area contributed by atoms with Gasteiger partial charge in [-0.1, -0.05) is 30.3 Å². The fraction of sp³-hybridized carbons (Fsp3) is 0.545. The van der Waals surface area contributed by atoms with Crippen LogP contribution in [0.4, 0.5) is 11.5 Å². The number of rotatable bonds is 4. The van der Waals surface area contributed by atoms with E-state index < -0.39 is 0 Å². The van der Waals surface area contributed by atoms with Crippen molar-refractivity contribution >= 4 is 11.5 Å². The number of anilines is 2. The summed E-state index contributed by atoms with van der Waals surface area (Å²) in [5.41, 5.74) is 2.56. The molecule has 5 rings (SSSR count). The van der Waals surface area contributed by atoms with E-state index in [0.717, 1.165) is 17.8 Å². The number of nitrogens with one attached hydrogen (secondary N) is 2. The number of aromatic nitrogens is 2. The molecule has 4 heterocycles. The first kappa shape index (κ1) is 21.4. The van der Waals surface area contributed by atoms with E-state index >= 15 is 0 Å². The van der Waals surface area contributed by atoms with Gasteiger partial charge >= 0.3 is 0 Å². The molecule has 0 saturated carbocycles. The molecule has 32 heavy (non-hydrogen) atoms. The zero-order valence-electron chi connectivity index (χ0n) is 18.6. The molecule has 10 nitrogen and oxygen atoms in total. The second kappa shape index (κ2) is 8.80. The number of morpholine rings is 2. The van der Waals surface area contributed by atoms with Gasteiger partial charge in [-0.15, -0.1) is 0 Å². The molecule has 0 amide bonds. The first-order valence-electron chi connectivity index (χ1n) is 11.2. The summed E-state index contributed by atoms with van der Waals surface area (Å²) in [4.78, 5) is 6.93. The standard InChI is InChI=1S/C22H31N7O3/c1-15-10-26(11-16(2)32-15)20-19(17-6-4-3-5-7-17)25-22(23)28-14-27(29(30)21(20)28)12-18-13-31-9-8-24-18/h3-7,15-16,18,23-24,30H,8-14H2,1-2H3/t15?,16?,18-/m0/s1. The summed E-state index contributed by atoms with van der Waals surface area (Å²) in [6.45, 7) is 8.49. The Labute approximate surface area is 187 Å². The van der Waals surface area contributed by atoms with Gasteiger partial charge in [-0.3, -0.25) is 15.2 Å². The number of nitrogens with zero attached hydrogens (tertiary/aromatic N) is 5. The molecule has 10 heteroatoms. The van der Waals surface area contributed by atoms with Gasteiger partial charge in [0.2, 0.25) is 5.62 Å². The van der Waals surface area contributed by atoms with Crippen LogP contribution < -0.4 is 21.0 Å². The van der Waals surface area contributed by atoms with Gasteiger partial charge in [0.05, 0.1) is 25.4 Å². The minimum Gasteiger partial charge on any atom is -0.378 e. The zero-order chi connectivity index (χ0) is 22.2. The van der Waals surface area contributed by atoms with Crippen LogP contribution in [0.1, 0.15) is 13.8 Å².